The highest BCUT2D eigenvalue weighted by Crippen LogP contribution is 2.38. The number of nitrogens with two attached hydrogens (primary N) is 1. The van der Waals surface area contributed by atoms with Gasteiger partial charge in [0, 0.05) is 5.56 Å². The van der Waals surface area contributed by atoms with Crippen LogP contribution < -0.4 is 5.73 Å². The fourth-order valence-electron chi connectivity index (χ4n) is 3.52. The number of amides is 1. The Morgan fingerprint density at radius 2 is 1.73 bits per heavy atom. The number of unbranched alkanes of at least 4 members (excludes halogenated alkanes) is 2. The molecule has 0 saturated carbocycles. The van der Waals surface area contributed by atoms with Crippen molar-refractivity contribution in [2.45, 2.75) is 51.9 Å². The van der Waals surface area contributed by atoms with E-state index in [9.17, 15) is 14.7 Å². The van der Waals surface area contributed by atoms with Crippen LogP contribution in [0, 0.1) is 0 Å². The topological polar surface area (TPSA) is 80.4 Å². The van der Waals surface area contributed by atoms with Crippen molar-refractivity contribution in [1.82, 2.24) is 0 Å². The summed E-state index contributed by atoms with van der Waals surface area (Å²) in [5, 5.41) is 9.84. The van der Waals surface area contributed by atoms with Crippen LogP contribution >= 0.6 is 0 Å². The fourth-order valence-corrected chi connectivity index (χ4v) is 3.52. The van der Waals surface area contributed by atoms with Gasteiger partial charge in [0.05, 0.1) is 11.1 Å². The molecule has 0 fully saturated rings. The molecule has 2 aromatic carbocycles. The summed E-state index contributed by atoms with van der Waals surface area (Å²) in [5.41, 5.74) is 7.93. The fraction of sp³-hybridized carbons (Fsp3) is 0.364. The summed E-state index contributed by atoms with van der Waals surface area (Å²) >= 11 is 0. The maximum Gasteiger partial charge on any atom is 0.337 e. The molecular formula is C22H27NO3. The molecule has 0 bridgehead atoms. The third-order valence-electron chi connectivity index (χ3n) is 4.87. The molecule has 1 unspecified atom stereocenters. The van der Waals surface area contributed by atoms with E-state index in [0.29, 0.717) is 5.56 Å². The summed E-state index contributed by atoms with van der Waals surface area (Å²) in [6.45, 7) is 4.29. The molecule has 0 aromatic heterocycles. The number of hydrogen-bond donors (Lipinski definition) is 2. The molecule has 0 aliphatic rings. The summed E-state index contributed by atoms with van der Waals surface area (Å²) in [5.74, 6) is -1.59. The quantitative estimate of drug-likeness (QED) is 0.606. The van der Waals surface area contributed by atoms with Crippen molar-refractivity contribution >= 4 is 11.9 Å². The zero-order valence-electron chi connectivity index (χ0n) is 15.5. The molecule has 4 nitrogen and oxygen atoms in total. The van der Waals surface area contributed by atoms with Crippen LogP contribution in [-0.2, 0) is 0 Å². The van der Waals surface area contributed by atoms with Gasteiger partial charge in [0.1, 0.15) is 0 Å². The van der Waals surface area contributed by atoms with Gasteiger partial charge >= 0.3 is 5.97 Å². The summed E-state index contributed by atoms with van der Waals surface area (Å²) in [6.07, 6.45) is 5.31. The average molecular weight is 353 g/mol. The minimum Gasteiger partial charge on any atom is -0.478 e. The number of carboxylic acid groups (broad SMARTS) is 1. The molecule has 4 heteroatoms. The molecule has 26 heavy (non-hydrogen) atoms. The normalized spacial score (nSPS) is 11.9. The highest BCUT2D eigenvalue weighted by Gasteiger charge is 2.25. The van der Waals surface area contributed by atoms with Gasteiger partial charge in [-0.1, -0.05) is 69.5 Å². The van der Waals surface area contributed by atoms with Crippen molar-refractivity contribution < 1.29 is 14.7 Å². The third-order valence-corrected chi connectivity index (χ3v) is 4.87. The second-order valence-corrected chi connectivity index (χ2v) is 6.59. The van der Waals surface area contributed by atoms with Crippen LogP contribution in [0.1, 0.15) is 78.1 Å². The van der Waals surface area contributed by atoms with Gasteiger partial charge in [-0.15, -0.1) is 0 Å². The second-order valence-electron chi connectivity index (χ2n) is 6.59. The van der Waals surface area contributed by atoms with Crippen molar-refractivity contribution in [2.75, 3.05) is 0 Å². The number of rotatable bonds is 9. The number of hydrogen-bond acceptors (Lipinski definition) is 2. The Morgan fingerprint density at radius 1 is 1.04 bits per heavy atom. The number of carboxylic acids is 1. The Hall–Kier alpha value is -2.62. The van der Waals surface area contributed by atoms with Crippen LogP contribution in [-0.4, -0.2) is 17.0 Å². The minimum atomic E-state index is -1.12. The highest BCUT2D eigenvalue weighted by molar-refractivity contribution is 6.09. The lowest BCUT2D eigenvalue weighted by atomic mass is 9.82. The Balaban J connectivity index is 2.69. The second kappa shape index (κ2) is 9.18. The first-order valence-electron chi connectivity index (χ1n) is 9.26. The van der Waals surface area contributed by atoms with Crippen molar-refractivity contribution in [3.63, 3.8) is 0 Å². The summed E-state index contributed by atoms with van der Waals surface area (Å²) in [4.78, 5) is 23.9. The van der Waals surface area contributed by atoms with E-state index in [0.717, 1.165) is 43.2 Å². The first-order chi connectivity index (χ1) is 12.5. The van der Waals surface area contributed by atoms with Gasteiger partial charge in [0.25, 0.3) is 0 Å². The Bertz CT molecular complexity index is 768. The zero-order valence-corrected chi connectivity index (χ0v) is 15.5. The maximum atomic E-state index is 12.0. The molecule has 0 aliphatic carbocycles. The van der Waals surface area contributed by atoms with E-state index in [1.807, 2.05) is 36.4 Å². The van der Waals surface area contributed by atoms with E-state index in [2.05, 4.69) is 13.8 Å². The molecule has 2 aromatic rings. The van der Waals surface area contributed by atoms with Gasteiger partial charge in [0.2, 0.25) is 5.91 Å². The predicted molar refractivity (Wildman–Crippen MR) is 105 cm³/mol. The van der Waals surface area contributed by atoms with Crippen molar-refractivity contribution in [3.8, 4) is 11.1 Å². The van der Waals surface area contributed by atoms with Gasteiger partial charge in [-0.05, 0) is 36.0 Å². The van der Waals surface area contributed by atoms with E-state index in [1.165, 1.54) is 0 Å². The van der Waals surface area contributed by atoms with E-state index < -0.39 is 11.9 Å². The monoisotopic (exact) mass is 353 g/mol. The predicted octanol–water partition coefficient (Wildman–Crippen LogP) is 5.22. The average Bonchev–Trinajstić information content (AvgIpc) is 2.64. The summed E-state index contributed by atoms with van der Waals surface area (Å²) < 4.78 is 0. The SMILES string of the molecule is CCCCCC(CC)c1ccc(C(N)=O)c(C(=O)O)c1-c1ccccc1. The first kappa shape index (κ1) is 19.7. The molecule has 138 valence electrons. The lowest BCUT2D eigenvalue weighted by Gasteiger charge is -2.22. The Labute approximate surface area is 155 Å². The van der Waals surface area contributed by atoms with Crippen molar-refractivity contribution in [1.29, 1.82) is 0 Å². The molecule has 0 saturated heterocycles. The van der Waals surface area contributed by atoms with Gasteiger partial charge in [-0.25, -0.2) is 4.79 Å². The molecule has 0 spiro atoms. The molecule has 2 rings (SSSR count). The lowest BCUT2D eigenvalue weighted by Crippen LogP contribution is -2.18. The minimum absolute atomic E-state index is 0.00939. The van der Waals surface area contributed by atoms with Crippen molar-refractivity contribution in [2.24, 2.45) is 5.73 Å². The van der Waals surface area contributed by atoms with Gasteiger partial charge < -0.3 is 10.8 Å². The standard InChI is InChI=1S/C22H27NO3/c1-3-5-7-10-15(4-2)17-13-14-18(21(23)24)20(22(25)26)19(17)16-11-8-6-9-12-16/h6,8-9,11-15H,3-5,7,10H2,1-2H3,(H2,23,24)(H,25,26). The van der Waals surface area contributed by atoms with Gasteiger partial charge in [-0.2, -0.15) is 0 Å². The highest BCUT2D eigenvalue weighted by atomic mass is 16.4. The van der Waals surface area contributed by atoms with Crippen LogP contribution in [0.2, 0.25) is 0 Å². The summed E-state index contributed by atoms with van der Waals surface area (Å²) in [6, 6.07) is 12.9. The number of benzene rings is 2. The number of carbonyl (C=O) groups excluding carboxylic acids is 1. The third kappa shape index (κ3) is 4.31. The molecule has 0 radical (unpaired) electrons. The molecule has 3 N–H and O–H groups in total. The van der Waals surface area contributed by atoms with Crippen LogP contribution in [0.3, 0.4) is 0 Å². The molecule has 0 heterocycles. The van der Waals surface area contributed by atoms with E-state index in [4.69, 9.17) is 5.73 Å². The first-order valence-corrected chi connectivity index (χ1v) is 9.26. The van der Waals surface area contributed by atoms with E-state index in [-0.39, 0.29) is 17.0 Å². The number of aromatic carboxylic acids is 1. The largest absolute Gasteiger partial charge is 0.478 e. The van der Waals surface area contributed by atoms with Crippen LogP contribution in [0.5, 0.6) is 0 Å². The Morgan fingerprint density at radius 3 is 2.27 bits per heavy atom. The maximum absolute atomic E-state index is 12.0. The lowest BCUT2D eigenvalue weighted by molar-refractivity contribution is 0.0692. The molecule has 1 amide bonds. The van der Waals surface area contributed by atoms with Crippen molar-refractivity contribution in [3.05, 3.63) is 59.2 Å². The number of carbonyl (C=O) groups is 2. The molecule has 0 aliphatic heterocycles. The van der Waals surface area contributed by atoms with E-state index >= 15 is 0 Å². The molecule has 1 atom stereocenters. The zero-order chi connectivity index (χ0) is 19.1. The smallest absolute Gasteiger partial charge is 0.337 e. The molecular weight excluding hydrogens is 326 g/mol. The van der Waals surface area contributed by atoms with Crippen LogP contribution in [0.15, 0.2) is 42.5 Å². The van der Waals surface area contributed by atoms with Crippen LogP contribution in [0.25, 0.3) is 11.1 Å². The Kier molecular flexibility index (Phi) is 6.96. The summed E-state index contributed by atoms with van der Waals surface area (Å²) in [7, 11) is 0. The van der Waals surface area contributed by atoms with Gasteiger partial charge in [0.15, 0.2) is 0 Å². The van der Waals surface area contributed by atoms with E-state index in [1.54, 1.807) is 6.07 Å². The number of primary amides is 1. The van der Waals surface area contributed by atoms with Crippen LogP contribution in [0.4, 0.5) is 0 Å². The van der Waals surface area contributed by atoms with Gasteiger partial charge in [-0.3, -0.25) is 4.79 Å².